The zero-order valence-corrected chi connectivity index (χ0v) is 9.49. The summed E-state index contributed by atoms with van der Waals surface area (Å²) in [5, 5.41) is 0. The van der Waals surface area contributed by atoms with Crippen LogP contribution in [-0.2, 0) is 0 Å². The summed E-state index contributed by atoms with van der Waals surface area (Å²) in [6.45, 7) is 7.79. The van der Waals surface area contributed by atoms with Gasteiger partial charge in [-0.2, -0.15) is 0 Å². The lowest BCUT2D eigenvalue weighted by molar-refractivity contribution is 1.18. The maximum absolute atomic E-state index is 5.91. The van der Waals surface area contributed by atoms with Crippen LogP contribution < -0.4 is 10.6 Å². The van der Waals surface area contributed by atoms with E-state index in [9.17, 15) is 0 Å². The number of amidine groups is 1. The van der Waals surface area contributed by atoms with Crippen molar-refractivity contribution in [2.45, 2.75) is 13.8 Å². The van der Waals surface area contributed by atoms with Crippen LogP contribution >= 0.6 is 0 Å². The highest BCUT2D eigenvalue weighted by Gasteiger charge is 2.12. The molecular formula is C12H17N3. The van der Waals surface area contributed by atoms with E-state index in [-0.39, 0.29) is 0 Å². The Kier molecular flexibility index (Phi) is 3.50. The van der Waals surface area contributed by atoms with Crippen LogP contribution in [-0.4, -0.2) is 12.9 Å². The Bertz CT molecular complexity index is 394. The average Bonchev–Trinajstić information content (AvgIpc) is 2.20. The highest BCUT2D eigenvalue weighted by molar-refractivity contribution is 6.01. The van der Waals surface area contributed by atoms with Gasteiger partial charge in [0.15, 0.2) is 0 Å². The van der Waals surface area contributed by atoms with Gasteiger partial charge in [0.2, 0.25) is 0 Å². The van der Waals surface area contributed by atoms with Crippen LogP contribution in [0, 0.1) is 0 Å². The first-order valence-electron chi connectivity index (χ1n) is 4.81. The number of aliphatic imine (C=N–C) groups is 1. The van der Waals surface area contributed by atoms with E-state index in [1.807, 2.05) is 43.0 Å². The average molecular weight is 203 g/mol. The summed E-state index contributed by atoms with van der Waals surface area (Å²) < 4.78 is 0. The molecule has 0 atom stereocenters. The molecule has 2 N–H and O–H groups in total. The number of nitrogens with two attached hydrogens (primary N) is 1. The van der Waals surface area contributed by atoms with E-state index >= 15 is 0 Å². The Morgan fingerprint density at radius 2 is 1.93 bits per heavy atom. The number of rotatable bonds is 2. The molecule has 0 saturated heterocycles. The van der Waals surface area contributed by atoms with Crippen molar-refractivity contribution in [3.05, 3.63) is 36.5 Å². The van der Waals surface area contributed by atoms with Crippen molar-refractivity contribution in [1.82, 2.24) is 0 Å². The molecule has 1 aromatic carbocycles. The number of benzene rings is 1. The second kappa shape index (κ2) is 4.64. The third-order valence-electron chi connectivity index (χ3n) is 2.21. The van der Waals surface area contributed by atoms with Gasteiger partial charge in [-0.25, -0.2) is 0 Å². The summed E-state index contributed by atoms with van der Waals surface area (Å²) in [6, 6.07) is 7.69. The van der Waals surface area contributed by atoms with E-state index in [4.69, 9.17) is 5.73 Å². The molecule has 15 heavy (non-hydrogen) atoms. The van der Waals surface area contributed by atoms with Gasteiger partial charge in [0, 0.05) is 12.7 Å². The van der Waals surface area contributed by atoms with Crippen LogP contribution in [0.2, 0.25) is 0 Å². The Labute approximate surface area is 90.9 Å². The molecule has 0 aliphatic rings. The molecule has 0 aliphatic carbocycles. The van der Waals surface area contributed by atoms with E-state index < -0.39 is 0 Å². The molecule has 0 aromatic heterocycles. The lowest BCUT2D eigenvalue weighted by Gasteiger charge is -2.25. The van der Waals surface area contributed by atoms with Crippen LogP contribution in [0.15, 0.2) is 41.5 Å². The van der Waals surface area contributed by atoms with Gasteiger partial charge < -0.3 is 10.6 Å². The van der Waals surface area contributed by atoms with E-state index in [0.717, 1.165) is 22.9 Å². The number of nitrogen functional groups attached to an aromatic ring is 1. The van der Waals surface area contributed by atoms with E-state index in [1.165, 1.54) is 0 Å². The van der Waals surface area contributed by atoms with Gasteiger partial charge in [0.25, 0.3) is 0 Å². The fraction of sp³-hybridized carbons (Fsp3) is 0.250. The van der Waals surface area contributed by atoms with Crippen molar-refractivity contribution in [3.8, 4) is 0 Å². The van der Waals surface area contributed by atoms with Crippen molar-refractivity contribution in [3.63, 3.8) is 0 Å². The van der Waals surface area contributed by atoms with Crippen LogP contribution in [0.3, 0.4) is 0 Å². The molecule has 1 rings (SSSR count). The summed E-state index contributed by atoms with van der Waals surface area (Å²) in [5.74, 6) is 0.875. The minimum atomic E-state index is 0.725. The first kappa shape index (κ1) is 11.3. The fourth-order valence-electron chi connectivity index (χ4n) is 1.45. The highest BCUT2D eigenvalue weighted by atomic mass is 15.2. The van der Waals surface area contributed by atoms with Crippen LogP contribution in [0.5, 0.6) is 0 Å². The van der Waals surface area contributed by atoms with Gasteiger partial charge in [-0.05, 0) is 26.0 Å². The van der Waals surface area contributed by atoms with Gasteiger partial charge >= 0.3 is 0 Å². The zero-order chi connectivity index (χ0) is 11.4. The van der Waals surface area contributed by atoms with Crippen molar-refractivity contribution in [2.75, 3.05) is 17.7 Å². The maximum atomic E-state index is 5.91. The molecule has 0 spiro atoms. The topological polar surface area (TPSA) is 41.6 Å². The van der Waals surface area contributed by atoms with E-state index in [0.29, 0.717) is 0 Å². The van der Waals surface area contributed by atoms with Gasteiger partial charge in [-0.15, -0.1) is 0 Å². The largest absolute Gasteiger partial charge is 0.397 e. The number of anilines is 2. The number of para-hydroxylation sites is 2. The second-order valence-corrected chi connectivity index (χ2v) is 3.40. The second-order valence-electron chi connectivity index (χ2n) is 3.40. The molecule has 0 bridgehead atoms. The third kappa shape index (κ3) is 2.37. The quantitative estimate of drug-likeness (QED) is 0.456. The predicted octanol–water partition coefficient (Wildman–Crippen LogP) is 2.66. The lowest BCUT2D eigenvalue weighted by atomic mass is 10.2. The minimum absolute atomic E-state index is 0.725. The molecule has 1 aromatic rings. The van der Waals surface area contributed by atoms with Gasteiger partial charge in [-0.1, -0.05) is 18.7 Å². The first-order chi connectivity index (χ1) is 7.07. The highest BCUT2D eigenvalue weighted by Crippen LogP contribution is 2.25. The Balaban J connectivity index is 3.22. The molecule has 0 aliphatic heterocycles. The molecule has 0 fully saturated rings. The third-order valence-corrected chi connectivity index (χ3v) is 2.21. The Morgan fingerprint density at radius 1 is 1.33 bits per heavy atom. The molecule has 3 nitrogen and oxygen atoms in total. The number of allylic oxidation sites excluding steroid dienone is 1. The van der Waals surface area contributed by atoms with E-state index in [1.54, 1.807) is 7.05 Å². The first-order valence-corrected chi connectivity index (χ1v) is 4.81. The van der Waals surface area contributed by atoms with Crippen LogP contribution in [0.4, 0.5) is 11.4 Å². The van der Waals surface area contributed by atoms with Gasteiger partial charge in [-0.3, -0.25) is 4.99 Å². The van der Waals surface area contributed by atoms with Gasteiger partial charge in [0.05, 0.1) is 11.4 Å². The zero-order valence-electron chi connectivity index (χ0n) is 9.49. The number of hydrogen-bond donors (Lipinski definition) is 1. The SMILES string of the molecule is C=C(C)N(C(C)=NC)c1ccccc1N. The number of nitrogens with zero attached hydrogens (tertiary/aromatic N) is 2. The van der Waals surface area contributed by atoms with Crippen molar-refractivity contribution < 1.29 is 0 Å². The normalized spacial score (nSPS) is 11.3. The molecule has 0 saturated carbocycles. The van der Waals surface area contributed by atoms with Crippen molar-refractivity contribution in [1.29, 1.82) is 0 Å². The maximum Gasteiger partial charge on any atom is 0.104 e. The molecular weight excluding hydrogens is 186 g/mol. The summed E-state index contributed by atoms with van der Waals surface area (Å²) in [7, 11) is 1.75. The van der Waals surface area contributed by atoms with Crippen LogP contribution in [0.25, 0.3) is 0 Å². The van der Waals surface area contributed by atoms with Crippen molar-refractivity contribution in [2.24, 2.45) is 4.99 Å². The minimum Gasteiger partial charge on any atom is -0.397 e. The lowest BCUT2D eigenvalue weighted by Crippen LogP contribution is -2.26. The monoisotopic (exact) mass is 203 g/mol. The molecule has 3 heteroatoms. The smallest absolute Gasteiger partial charge is 0.104 e. The molecule has 80 valence electrons. The molecule has 0 heterocycles. The van der Waals surface area contributed by atoms with Gasteiger partial charge in [0.1, 0.15) is 5.84 Å². The summed E-state index contributed by atoms with van der Waals surface area (Å²) in [5.41, 5.74) is 8.46. The van der Waals surface area contributed by atoms with Crippen LogP contribution in [0.1, 0.15) is 13.8 Å². The Hall–Kier alpha value is -1.77. The summed E-state index contributed by atoms with van der Waals surface area (Å²) in [6.07, 6.45) is 0. The fourth-order valence-corrected chi connectivity index (χ4v) is 1.45. The number of hydrogen-bond acceptors (Lipinski definition) is 2. The summed E-state index contributed by atoms with van der Waals surface area (Å²) >= 11 is 0. The van der Waals surface area contributed by atoms with E-state index in [2.05, 4.69) is 11.6 Å². The standard InChI is InChI=1S/C12H17N3/c1-9(2)15(10(3)14-4)12-8-6-5-7-11(12)13/h5-8H,1,13H2,2-4H3. The Morgan fingerprint density at radius 3 is 2.40 bits per heavy atom. The molecule has 0 radical (unpaired) electrons. The summed E-state index contributed by atoms with van der Waals surface area (Å²) in [4.78, 5) is 6.09. The predicted molar refractivity (Wildman–Crippen MR) is 67.2 cm³/mol. The molecule has 0 unspecified atom stereocenters. The van der Waals surface area contributed by atoms with Crippen molar-refractivity contribution >= 4 is 17.2 Å². The molecule has 0 amide bonds.